The number of nitrogens with one attached hydrogen (secondary N) is 1. The molecule has 1 aliphatic rings. The molecule has 1 atom stereocenters. The van der Waals surface area contributed by atoms with E-state index < -0.39 is 9.84 Å². The van der Waals surface area contributed by atoms with Crippen molar-refractivity contribution in [3.05, 3.63) is 66.1 Å². The third kappa shape index (κ3) is 4.93. The van der Waals surface area contributed by atoms with Gasteiger partial charge in [-0.3, -0.25) is 14.5 Å². The van der Waals surface area contributed by atoms with Crippen LogP contribution in [-0.2, 0) is 16.3 Å². The normalized spacial score (nSPS) is 17.4. The number of carbonyl (C=O) groups is 1. The number of sulfone groups is 1. The van der Waals surface area contributed by atoms with E-state index in [4.69, 9.17) is 4.74 Å². The average molecular weight is 441 g/mol. The highest BCUT2D eigenvalue weighted by Gasteiger charge is 2.32. The number of benzene rings is 1. The highest BCUT2D eigenvalue weighted by Crippen LogP contribution is 2.28. The summed E-state index contributed by atoms with van der Waals surface area (Å²) in [5.74, 6) is 0.553. The fourth-order valence-electron chi connectivity index (χ4n) is 3.67. The Morgan fingerprint density at radius 1 is 1.19 bits per heavy atom. The molecular weight excluding hydrogens is 416 g/mol. The molecule has 1 fully saturated rings. The van der Waals surface area contributed by atoms with Crippen molar-refractivity contribution in [2.45, 2.75) is 18.9 Å². The molecule has 0 saturated carbocycles. The summed E-state index contributed by atoms with van der Waals surface area (Å²) in [4.78, 5) is 17.0. The Kier molecular flexibility index (Phi) is 6.03. The lowest BCUT2D eigenvalue weighted by molar-refractivity contribution is 0.0941. The van der Waals surface area contributed by atoms with Crippen LogP contribution >= 0.6 is 0 Å². The first-order valence-electron chi connectivity index (χ1n) is 10.1. The van der Waals surface area contributed by atoms with Gasteiger partial charge in [-0.05, 0) is 60.9 Å². The zero-order chi connectivity index (χ0) is 21.8. The Balaban J connectivity index is 1.57. The second kappa shape index (κ2) is 8.89. The van der Waals surface area contributed by atoms with Crippen molar-refractivity contribution in [2.24, 2.45) is 0 Å². The number of hydrogen-bond acceptors (Lipinski definition) is 6. The summed E-state index contributed by atoms with van der Waals surface area (Å²) in [5.41, 5.74) is 2.88. The molecule has 0 aliphatic carbocycles. The molecule has 0 bridgehead atoms. The van der Waals surface area contributed by atoms with Gasteiger partial charge in [0.2, 0.25) is 0 Å². The average Bonchev–Trinajstić information content (AvgIpc) is 3.38. The second-order valence-corrected chi connectivity index (χ2v) is 9.73. The lowest BCUT2D eigenvalue weighted by atomic mass is 10.1. The van der Waals surface area contributed by atoms with Crippen molar-refractivity contribution >= 4 is 15.7 Å². The second-order valence-electron chi connectivity index (χ2n) is 7.51. The van der Waals surface area contributed by atoms with Gasteiger partial charge < -0.3 is 10.1 Å². The summed E-state index contributed by atoms with van der Waals surface area (Å²) in [6, 6.07) is 12.5. The molecule has 2 aromatic heterocycles. The van der Waals surface area contributed by atoms with Crippen LogP contribution in [-0.4, -0.2) is 54.2 Å². The quantitative estimate of drug-likeness (QED) is 0.605. The van der Waals surface area contributed by atoms with Crippen molar-refractivity contribution in [3.8, 4) is 17.0 Å². The zero-order valence-electron chi connectivity index (χ0n) is 17.2. The summed E-state index contributed by atoms with van der Waals surface area (Å²) >= 11 is 0. The van der Waals surface area contributed by atoms with E-state index in [0.29, 0.717) is 30.8 Å². The molecule has 31 heavy (non-hydrogen) atoms. The molecule has 1 unspecified atom stereocenters. The SMILES string of the molecule is COc1ccc(-c2cc(C(=O)NCCc3ccncc3)n(C3CCS(=O)(=O)C3)n2)cc1. The van der Waals surface area contributed by atoms with E-state index in [1.165, 1.54) is 0 Å². The number of pyridine rings is 1. The Morgan fingerprint density at radius 3 is 2.58 bits per heavy atom. The maximum atomic E-state index is 13.0. The molecular formula is C22H24N4O4S. The van der Waals surface area contributed by atoms with E-state index >= 15 is 0 Å². The minimum absolute atomic E-state index is 0.00592. The number of methoxy groups -OCH3 is 1. The summed E-state index contributed by atoms with van der Waals surface area (Å²) in [6.07, 6.45) is 4.55. The van der Waals surface area contributed by atoms with Gasteiger partial charge in [0.15, 0.2) is 9.84 Å². The molecule has 1 aromatic carbocycles. The lowest BCUT2D eigenvalue weighted by Gasteiger charge is -2.13. The van der Waals surface area contributed by atoms with E-state index in [0.717, 1.165) is 16.9 Å². The third-order valence-corrected chi connectivity index (χ3v) is 7.11. The molecule has 162 valence electrons. The Morgan fingerprint density at radius 2 is 1.94 bits per heavy atom. The van der Waals surface area contributed by atoms with Gasteiger partial charge in [-0.15, -0.1) is 0 Å². The van der Waals surface area contributed by atoms with Gasteiger partial charge >= 0.3 is 0 Å². The maximum absolute atomic E-state index is 13.0. The van der Waals surface area contributed by atoms with Crippen LogP contribution in [0.5, 0.6) is 5.75 Å². The van der Waals surface area contributed by atoms with Crippen molar-refractivity contribution in [3.63, 3.8) is 0 Å². The zero-order valence-corrected chi connectivity index (χ0v) is 18.0. The van der Waals surface area contributed by atoms with E-state index in [1.807, 2.05) is 36.4 Å². The van der Waals surface area contributed by atoms with Crippen molar-refractivity contribution < 1.29 is 17.9 Å². The topological polar surface area (TPSA) is 103 Å². The summed E-state index contributed by atoms with van der Waals surface area (Å²) < 4.78 is 30.8. The van der Waals surface area contributed by atoms with Crippen LogP contribution in [0.15, 0.2) is 54.9 Å². The monoisotopic (exact) mass is 440 g/mol. The molecule has 1 aliphatic heterocycles. The largest absolute Gasteiger partial charge is 0.497 e. The molecule has 8 nitrogen and oxygen atoms in total. The number of nitrogens with zero attached hydrogens (tertiary/aromatic N) is 3. The molecule has 9 heteroatoms. The van der Waals surface area contributed by atoms with Gasteiger partial charge in [0, 0.05) is 24.5 Å². The van der Waals surface area contributed by atoms with E-state index in [2.05, 4.69) is 15.4 Å². The summed E-state index contributed by atoms with van der Waals surface area (Å²) in [6.45, 7) is 0.453. The number of aromatic nitrogens is 3. The minimum Gasteiger partial charge on any atom is -0.497 e. The van der Waals surface area contributed by atoms with Crippen LogP contribution in [0.1, 0.15) is 28.5 Å². The van der Waals surface area contributed by atoms with Gasteiger partial charge in [0.05, 0.1) is 30.4 Å². The maximum Gasteiger partial charge on any atom is 0.269 e. The number of amides is 1. The van der Waals surface area contributed by atoms with E-state index in [9.17, 15) is 13.2 Å². The van der Waals surface area contributed by atoms with Gasteiger partial charge in [0.25, 0.3) is 5.91 Å². The van der Waals surface area contributed by atoms with Crippen LogP contribution in [0.25, 0.3) is 11.3 Å². The number of ether oxygens (including phenoxy) is 1. The number of rotatable bonds is 7. The van der Waals surface area contributed by atoms with Crippen LogP contribution in [0.3, 0.4) is 0 Å². The van der Waals surface area contributed by atoms with Crippen molar-refractivity contribution in [1.29, 1.82) is 0 Å². The number of carbonyl (C=O) groups excluding carboxylic acids is 1. The highest BCUT2D eigenvalue weighted by molar-refractivity contribution is 7.91. The van der Waals surface area contributed by atoms with Crippen molar-refractivity contribution in [1.82, 2.24) is 20.1 Å². The molecule has 4 rings (SSSR count). The first kappa shape index (κ1) is 21.0. The molecule has 3 heterocycles. The van der Waals surface area contributed by atoms with Gasteiger partial charge in [0.1, 0.15) is 11.4 Å². The minimum atomic E-state index is -3.12. The standard InChI is InChI=1S/C22H24N4O4S/c1-30-19-4-2-17(3-5-19)20-14-21(26(25-20)18-9-13-31(28,29)15-18)22(27)24-12-8-16-6-10-23-11-7-16/h2-7,10-11,14,18H,8-9,12-13,15H2,1H3,(H,24,27). The van der Waals surface area contributed by atoms with Crippen LogP contribution in [0, 0.1) is 0 Å². The Labute approximate surface area is 181 Å². The Hall–Kier alpha value is -3.20. The van der Waals surface area contributed by atoms with E-state index in [1.54, 1.807) is 30.3 Å². The fourth-order valence-corrected chi connectivity index (χ4v) is 5.37. The smallest absolute Gasteiger partial charge is 0.269 e. The lowest BCUT2D eigenvalue weighted by Crippen LogP contribution is -2.29. The fraction of sp³-hybridized carbons (Fsp3) is 0.318. The van der Waals surface area contributed by atoms with Crippen LogP contribution in [0.4, 0.5) is 0 Å². The van der Waals surface area contributed by atoms with Crippen LogP contribution in [0.2, 0.25) is 0 Å². The van der Waals surface area contributed by atoms with Gasteiger partial charge in [-0.2, -0.15) is 5.10 Å². The molecule has 0 radical (unpaired) electrons. The van der Waals surface area contributed by atoms with Gasteiger partial charge in [-0.25, -0.2) is 8.42 Å². The third-order valence-electron chi connectivity index (χ3n) is 5.36. The molecule has 3 aromatic rings. The molecule has 1 N–H and O–H groups in total. The van der Waals surface area contributed by atoms with E-state index in [-0.39, 0.29) is 23.5 Å². The Bertz CT molecular complexity index is 1160. The van der Waals surface area contributed by atoms with Gasteiger partial charge in [-0.1, -0.05) is 0 Å². The molecule has 0 spiro atoms. The predicted molar refractivity (Wildman–Crippen MR) is 117 cm³/mol. The van der Waals surface area contributed by atoms with Crippen LogP contribution < -0.4 is 10.1 Å². The summed E-state index contributed by atoms with van der Waals surface area (Å²) in [7, 11) is -1.52. The highest BCUT2D eigenvalue weighted by atomic mass is 32.2. The first-order valence-corrected chi connectivity index (χ1v) is 11.9. The summed E-state index contributed by atoms with van der Waals surface area (Å²) in [5, 5.41) is 7.54. The first-order chi connectivity index (χ1) is 14.9. The van der Waals surface area contributed by atoms with Crippen molar-refractivity contribution in [2.75, 3.05) is 25.2 Å². The molecule has 1 saturated heterocycles. The molecule has 1 amide bonds. The number of hydrogen-bond donors (Lipinski definition) is 1. The predicted octanol–water partition coefficient (Wildman–Crippen LogP) is 2.29.